The highest BCUT2D eigenvalue weighted by atomic mass is 16.5. The molecule has 0 aliphatic carbocycles. The normalized spacial score (nSPS) is 35.5. The molecule has 1 saturated heterocycles. The van der Waals surface area contributed by atoms with E-state index in [4.69, 9.17) is 16.3 Å². The molecular weight excluding hydrogens is 208 g/mol. The minimum absolute atomic E-state index is 0.0147. The zero-order valence-electron chi connectivity index (χ0n) is 10.9. The van der Waals surface area contributed by atoms with E-state index in [0.717, 1.165) is 12.8 Å². The lowest BCUT2D eigenvalue weighted by Crippen LogP contribution is -2.36. The van der Waals surface area contributed by atoms with Crippen molar-refractivity contribution in [2.24, 2.45) is 5.92 Å². The Morgan fingerprint density at radius 2 is 2.19 bits per heavy atom. The molecule has 0 saturated carbocycles. The van der Waals surface area contributed by atoms with Crippen LogP contribution in [-0.4, -0.2) is 46.8 Å². The second kappa shape index (κ2) is 7.22. The number of aliphatic hydroxyl groups excluding tert-OH is 3. The molecule has 0 amide bonds. The SMILES string of the molecule is [2H]C(O)CC1OC(CC(O)CCO)CCC1C. The van der Waals surface area contributed by atoms with E-state index in [1.807, 2.05) is 0 Å². The van der Waals surface area contributed by atoms with E-state index in [0.29, 0.717) is 25.2 Å². The van der Waals surface area contributed by atoms with Crippen LogP contribution in [0.15, 0.2) is 0 Å². The molecule has 5 unspecified atom stereocenters. The highest BCUT2D eigenvalue weighted by molar-refractivity contribution is 4.78. The first-order chi connectivity index (χ1) is 8.02. The number of aliphatic hydroxyl groups is 3. The van der Waals surface area contributed by atoms with Gasteiger partial charge in [0.05, 0.1) is 19.7 Å². The summed E-state index contributed by atoms with van der Waals surface area (Å²) in [4.78, 5) is 0. The van der Waals surface area contributed by atoms with Crippen LogP contribution in [0.1, 0.15) is 40.4 Å². The summed E-state index contributed by atoms with van der Waals surface area (Å²) < 4.78 is 13.0. The summed E-state index contributed by atoms with van der Waals surface area (Å²) in [6.45, 7) is 0.954. The van der Waals surface area contributed by atoms with Crippen molar-refractivity contribution in [3.05, 3.63) is 0 Å². The first-order valence-corrected chi connectivity index (χ1v) is 6.07. The molecule has 1 aliphatic rings. The maximum absolute atomic E-state index is 9.61. The maximum Gasteiger partial charge on any atom is 0.0626 e. The van der Waals surface area contributed by atoms with Crippen LogP contribution in [0.25, 0.3) is 0 Å². The van der Waals surface area contributed by atoms with Crippen molar-refractivity contribution in [3.8, 4) is 0 Å². The molecule has 1 fully saturated rings. The van der Waals surface area contributed by atoms with Gasteiger partial charge in [-0.15, -0.1) is 0 Å². The minimum Gasteiger partial charge on any atom is -0.396 e. The Hall–Kier alpha value is -0.160. The van der Waals surface area contributed by atoms with Crippen molar-refractivity contribution in [2.45, 2.75) is 57.3 Å². The summed E-state index contributed by atoms with van der Waals surface area (Å²) in [5.41, 5.74) is 0. The van der Waals surface area contributed by atoms with E-state index in [9.17, 15) is 5.11 Å². The van der Waals surface area contributed by atoms with E-state index in [1.54, 1.807) is 0 Å². The molecule has 5 atom stereocenters. The van der Waals surface area contributed by atoms with E-state index in [1.165, 1.54) is 0 Å². The van der Waals surface area contributed by atoms with E-state index < -0.39 is 12.7 Å². The lowest BCUT2D eigenvalue weighted by molar-refractivity contribution is -0.101. The van der Waals surface area contributed by atoms with E-state index in [-0.39, 0.29) is 18.8 Å². The van der Waals surface area contributed by atoms with Gasteiger partial charge in [-0.2, -0.15) is 0 Å². The molecule has 96 valence electrons. The monoisotopic (exact) mass is 233 g/mol. The summed E-state index contributed by atoms with van der Waals surface area (Å²) in [6, 6.07) is 0. The zero-order valence-corrected chi connectivity index (χ0v) is 9.88. The topological polar surface area (TPSA) is 69.9 Å². The van der Waals surface area contributed by atoms with Crippen LogP contribution in [0.3, 0.4) is 0 Å². The van der Waals surface area contributed by atoms with Crippen molar-refractivity contribution in [1.82, 2.24) is 0 Å². The van der Waals surface area contributed by atoms with Crippen molar-refractivity contribution < 1.29 is 21.4 Å². The van der Waals surface area contributed by atoms with Crippen LogP contribution in [0, 0.1) is 5.92 Å². The van der Waals surface area contributed by atoms with E-state index in [2.05, 4.69) is 6.92 Å². The van der Waals surface area contributed by atoms with Gasteiger partial charge in [-0.1, -0.05) is 6.92 Å². The van der Waals surface area contributed by atoms with Gasteiger partial charge in [0.1, 0.15) is 0 Å². The fourth-order valence-electron chi connectivity index (χ4n) is 2.22. The Labute approximate surface area is 98.6 Å². The number of hydrogen-bond donors (Lipinski definition) is 3. The molecular formula is C12H24O4. The standard InChI is InChI=1S/C12H24O4/c1-9-2-3-11(8-10(15)4-6-13)16-12(9)5-7-14/h9-15H,2-8H2,1H3/i7D. The molecule has 0 spiro atoms. The molecule has 0 aromatic heterocycles. The highest BCUT2D eigenvalue weighted by Crippen LogP contribution is 2.28. The summed E-state index contributed by atoms with van der Waals surface area (Å²) in [5.74, 6) is 0.348. The molecule has 1 aliphatic heterocycles. The maximum atomic E-state index is 9.61. The van der Waals surface area contributed by atoms with Crippen LogP contribution in [0.5, 0.6) is 0 Å². The van der Waals surface area contributed by atoms with Gasteiger partial charge in [-0.3, -0.25) is 0 Å². The highest BCUT2D eigenvalue weighted by Gasteiger charge is 2.28. The van der Waals surface area contributed by atoms with Gasteiger partial charge in [0, 0.05) is 13.2 Å². The Morgan fingerprint density at radius 1 is 1.44 bits per heavy atom. The van der Waals surface area contributed by atoms with Crippen LogP contribution in [0.2, 0.25) is 0 Å². The predicted octanol–water partition coefficient (Wildman–Crippen LogP) is 0.686. The van der Waals surface area contributed by atoms with Crippen LogP contribution < -0.4 is 0 Å². The average molecular weight is 233 g/mol. The first kappa shape index (κ1) is 12.3. The lowest BCUT2D eigenvalue weighted by Gasteiger charge is -2.35. The van der Waals surface area contributed by atoms with Gasteiger partial charge in [-0.25, -0.2) is 0 Å². The largest absolute Gasteiger partial charge is 0.396 e. The molecule has 1 rings (SSSR count). The van der Waals surface area contributed by atoms with Gasteiger partial charge < -0.3 is 20.1 Å². The zero-order chi connectivity index (χ0) is 12.8. The molecule has 4 nitrogen and oxygen atoms in total. The first-order valence-electron chi connectivity index (χ1n) is 6.65. The Morgan fingerprint density at radius 3 is 2.81 bits per heavy atom. The second-order valence-corrected chi connectivity index (χ2v) is 4.67. The van der Waals surface area contributed by atoms with Crippen molar-refractivity contribution >= 4 is 0 Å². The molecule has 0 radical (unpaired) electrons. The predicted molar refractivity (Wildman–Crippen MR) is 61.1 cm³/mol. The summed E-state index contributed by atoms with van der Waals surface area (Å²) >= 11 is 0. The molecule has 0 bridgehead atoms. The second-order valence-electron chi connectivity index (χ2n) is 4.67. The van der Waals surface area contributed by atoms with Gasteiger partial charge >= 0.3 is 0 Å². The third kappa shape index (κ3) is 4.37. The summed E-state index contributed by atoms with van der Waals surface area (Å²) in [7, 11) is 0. The Kier molecular flexibility index (Phi) is 5.55. The molecule has 0 aromatic carbocycles. The Bertz CT molecular complexity index is 213. The lowest BCUT2D eigenvalue weighted by atomic mass is 9.90. The Balaban J connectivity index is 2.38. The van der Waals surface area contributed by atoms with Gasteiger partial charge in [0.15, 0.2) is 0 Å². The van der Waals surface area contributed by atoms with Crippen LogP contribution in [0.4, 0.5) is 0 Å². The average Bonchev–Trinajstić information content (AvgIpc) is 2.22. The molecule has 4 heteroatoms. The van der Waals surface area contributed by atoms with Crippen LogP contribution in [-0.2, 0) is 4.74 Å². The summed E-state index contributed by atoms with van der Waals surface area (Å²) in [6.07, 6.45) is 2.48. The molecule has 1 heterocycles. The molecule has 3 N–H and O–H groups in total. The fraction of sp³-hybridized carbons (Fsp3) is 1.00. The minimum atomic E-state index is -1.09. The van der Waals surface area contributed by atoms with Gasteiger partial charge in [0.25, 0.3) is 0 Å². The number of hydrogen-bond acceptors (Lipinski definition) is 4. The van der Waals surface area contributed by atoms with Gasteiger partial charge in [-0.05, 0) is 38.0 Å². The quantitative estimate of drug-likeness (QED) is 0.631. The number of ether oxygens (including phenoxy) is 1. The molecule has 16 heavy (non-hydrogen) atoms. The third-order valence-electron chi connectivity index (χ3n) is 3.28. The van der Waals surface area contributed by atoms with Crippen LogP contribution >= 0.6 is 0 Å². The van der Waals surface area contributed by atoms with Crippen molar-refractivity contribution in [3.63, 3.8) is 0 Å². The van der Waals surface area contributed by atoms with E-state index >= 15 is 0 Å². The number of rotatable bonds is 6. The smallest absolute Gasteiger partial charge is 0.0626 e. The van der Waals surface area contributed by atoms with Crippen molar-refractivity contribution in [2.75, 3.05) is 13.2 Å². The third-order valence-corrected chi connectivity index (χ3v) is 3.28. The van der Waals surface area contributed by atoms with Gasteiger partial charge in [0.2, 0.25) is 0 Å². The molecule has 0 aromatic rings. The van der Waals surface area contributed by atoms with Crippen molar-refractivity contribution in [1.29, 1.82) is 0 Å². The fourth-order valence-corrected chi connectivity index (χ4v) is 2.22. The summed E-state index contributed by atoms with van der Waals surface area (Å²) in [5, 5.41) is 27.4.